The minimum atomic E-state index is -4.77. The van der Waals surface area contributed by atoms with E-state index in [2.05, 4.69) is 5.32 Å². The summed E-state index contributed by atoms with van der Waals surface area (Å²) in [7, 11) is 0. The van der Waals surface area contributed by atoms with Crippen molar-refractivity contribution >= 4 is 17.2 Å². The predicted molar refractivity (Wildman–Crippen MR) is 69.0 cm³/mol. The number of nitrogens with two attached hydrogens (primary N) is 1. The van der Waals surface area contributed by atoms with Crippen molar-refractivity contribution in [3.63, 3.8) is 0 Å². The maximum atomic E-state index is 12.6. The molecule has 1 heterocycles. The van der Waals surface area contributed by atoms with Crippen LogP contribution in [0.15, 0.2) is 12.1 Å². The number of hydrogen-bond donors (Lipinski definition) is 2. The molecule has 0 saturated heterocycles. The van der Waals surface area contributed by atoms with Crippen molar-refractivity contribution < 1.29 is 18.0 Å². The highest BCUT2D eigenvalue weighted by molar-refractivity contribution is 7.11. The Labute approximate surface area is 114 Å². The number of amides is 1. The summed E-state index contributed by atoms with van der Waals surface area (Å²) in [5, 5.41) is 2.31. The van der Waals surface area contributed by atoms with E-state index in [0.717, 1.165) is 9.75 Å². The molecule has 3 nitrogen and oxygen atoms in total. The van der Waals surface area contributed by atoms with Crippen LogP contribution < -0.4 is 11.1 Å². The summed E-state index contributed by atoms with van der Waals surface area (Å²) in [4.78, 5) is 13.7. The van der Waals surface area contributed by atoms with Gasteiger partial charge in [-0.3, -0.25) is 4.79 Å². The number of alkyl halides is 3. The molecule has 0 aliphatic heterocycles. The third-order valence-corrected chi connectivity index (χ3v) is 3.76. The Morgan fingerprint density at radius 1 is 1.47 bits per heavy atom. The zero-order valence-electron chi connectivity index (χ0n) is 11.0. The van der Waals surface area contributed by atoms with E-state index in [1.165, 1.54) is 0 Å². The molecule has 0 spiro atoms. The molecule has 2 unspecified atom stereocenters. The topological polar surface area (TPSA) is 55.1 Å². The summed E-state index contributed by atoms with van der Waals surface area (Å²) in [6.07, 6.45) is -4.28. The highest BCUT2D eigenvalue weighted by Gasteiger charge is 2.54. The fourth-order valence-corrected chi connectivity index (χ4v) is 2.47. The van der Waals surface area contributed by atoms with E-state index in [1.54, 1.807) is 18.3 Å². The van der Waals surface area contributed by atoms with Gasteiger partial charge in [0.2, 0.25) is 5.91 Å². The molecule has 7 heteroatoms. The molecule has 0 radical (unpaired) electrons. The fraction of sp³-hybridized carbons (Fsp3) is 0.583. The Kier molecular flexibility index (Phi) is 4.63. The van der Waals surface area contributed by atoms with Gasteiger partial charge in [-0.1, -0.05) is 0 Å². The van der Waals surface area contributed by atoms with Crippen molar-refractivity contribution in [2.24, 2.45) is 5.73 Å². The van der Waals surface area contributed by atoms with Crippen LogP contribution in [0.4, 0.5) is 13.2 Å². The van der Waals surface area contributed by atoms with Crippen LogP contribution in [-0.2, 0) is 11.2 Å². The molecular weight excluding hydrogens is 277 g/mol. The zero-order valence-corrected chi connectivity index (χ0v) is 11.8. The molecule has 0 aliphatic rings. The number of rotatable bonds is 4. The first-order chi connectivity index (χ1) is 8.54. The standard InChI is InChI=1S/C12H17F3N2OS/c1-7(6-9-5-4-8(2)19-9)17-10(18)11(3,16)12(13,14)15/h4-5,7H,6,16H2,1-3H3,(H,17,18). The number of halogens is 3. The molecule has 0 aliphatic carbocycles. The molecule has 1 amide bonds. The molecule has 0 saturated carbocycles. The molecule has 0 fully saturated rings. The molecule has 108 valence electrons. The van der Waals surface area contributed by atoms with Gasteiger partial charge in [0.1, 0.15) is 0 Å². The molecule has 3 N–H and O–H groups in total. The van der Waals surface area contributed by atoms with Crippen LogP contribution in [0.1, 0.15) is 23.6 Å². The van der Waals surface area contributed by atoms with Crippen molar-refractivity contribution in [3.05, 3.63) is 21.9 Å². The summed E-state index contributed by atoms with van der Waals surface area (Å²) in [6.45, 7) is 4.27. The molecule has 0 aromatic carbocycles. The van der Waals surface area contributed by atoms with E-state index in [4.69, 9.17) is 5.73 Å². The van der Waals surface area contributed by atoms with Crippen molar-refractivity contribution in [2.75, 3.05) is 0 Å². The third-order valence-electron chi connectivity index (χ3n) is 2.74. The molecule has 19 heavy (non-hydrogen) atoms. The van der Waals surface area contributed by atoms with Crippen molar-refractivity contribution in [1.82, 2.24) is 5.32 Å². The highest BCUT2D eigenvalue weighted by Crippen LogP contribution is 2.28. The number of aryl methyl sites for hydroxylation is 1. The number of nitrogens with one attached hydrogen (secondary N) is 1. The summed E-state index contributed by atoms with van der Waals surface area (Å²) < 4.78 is 37.7. The maximum Gasteiger partial charge on any atom is 0.415 e. The molecular formula is C12H17F3N2OS. The van der Waals surface area contributed by atoms with E-state index in [9.17, 15) is 18.0 Å². The van der Waals surface area contributed by atoms with Crippen LogP contribution in [-0.4, -0.2) is 23.7 Å². The zero-order chi connectivity index (χ0) is 14.8. The number of thiophene rings is 1. The molecule has 0 bridgehead atoms. The van der Waals surface area contributed by atoms with Gasteiger partial charge in [0, 0.05) is 22.2 Å². The van der Waals surface area contributed by atoms with Gasteiger partial charge in [-0.05, 0) is 32.9 Å². The van der Waals surface area contributed by atoms with Gasteiger partial charge in [0.15, 0.2) is 5.54 Å². The largest absolute Gasteiger partial charge is 0.415 e. The lowest BCUT2D eigenvalue weighted by Crippen LogP contribution is -2.62. The third kappa shape index (κ3) is 3.94. The Balaban J connectivity index is 2.62. The monoisotopic (exact) mass is 294 g/mol. The van der Waals surface area contributed by atoms with Crippen molar-refractivity contribution in [1.29, 1.82) is 0 Å². The van der Waals surface area contributed by atoms with E-state index < -0.39 is 23.7 Å². The first-order valence-electron chi connectivity index (χ1n) is 5.76. The average Bonchev–Trinajstić information content (AvgIpc) is 2.61. The van der Waals surface area contributed by atoms with Gasteiger partial charge in [-0.2, -0.15) is 13.2 Å². The molecule has 2 atom stereocenters. The second-order valence-electron chi connectivity index (χ2n) is 4.79. The number of carbonyl (C=O) groups excluding carboxylic acids is 1. The van der Waals surface area contributed by atoms with Gasteiger partial charge in [0.05, 0.1) is 0 Å². The van der Waals surface area contributed by atoms with E-state index in [1.807, 2.05) is 19.1 Å². The first kappa shape index (κ1) is 16.0. The van der Waals surface area contributed by atoms with Crippen LogP contribution >= 0.6 is 11.3 Å². The maximum absolute atomic E-state index is 12.6. The lowest BCUT2D eigenvalue weighted by atomic mass is 10.0. The normalized spacial score (nSPS) is 16.8. The number of carbonyl (C=O) groups is 1. The summed E-state index contributed by atoms with van der Waals surface area (Å²) >= 11 is 1.55. The Hall–Kier alpha value is -1.08. The SMILES string of the molecule is Cc1ccc(CC(C)NC(=O)C(C)(N)C(F)(F)F)s1. The summed E-state index contributed by atoms with van der Waals surface area (Å²) in [5.41, 5.74) is 2.18. The Morgan fingerprint density at radius 3 is 2.47 bits per heavy atom. The van der Waals surface area contributed by atoms with Crippen LogP contribution in [0, 0.1) is 6.92 Å². The summed E-state index contributed by atoms with van der Waals surface area (Å²) in [6, 6.07) is 3.42. The first-order valence-corrected chi connectivity index (χ1v) is 6.57. The van der Waals surface area contributed by atoms with Crippen LogP contribution in [0.3, 0.4) is 0 Å². The second-order valence-corrected chi connectivity index (χ2v) is 6.16. The minimum absolute atomic E-state index is 0.407. The Bertz CT molecular complexity index is 454. The highest BCUT2D eigenvalue weighted by atomic mass is 32.1. The van der Waals surface area contributed by atoms with Gasteiger partial charge in [-0.25, -0.2) is 0 Å². The molecule has 1 aromatic rings. The summed E-state index contributed by atoms with van der Waals surface area (Å²) in [5.74, 6) is -1.21. The molecule has 1 aromatic heterocycles. The quantitative estimate of drug-likeness (QED) is 0.896. The van der Waals surface area contributed by atoms with Crippen molar-refractivity contribution in [2.45, 2.75) is 44.9 Å². The number of hydrogen-bond acceptors (Lipinski definition) is 3. The van der Waals surface area contributed by atoms with Gasteiger partial charge >= 0.3 is 6.18 Å². The minimum Gasteiger partial charge on any atom is -0.351 e. The van der Waals surface area contributed by atoms with Gasteiger partial charge in [0.25, 0.3) is 0 Å². The predicted octanol–water partition coefficient (Wildman–Crippen LogP) is 2.38. The van der Waals surface area contributed by atoms with Gasteiger partial charge < -0.3 is 11.1 Å². The van der Waals surface area contributed by atoms with Crippen LogP contribution in [0.5, 0.6) is 0 Å². The van der Waals surface area contributed by atoms with Crippen molar-refractivity contribution in [3.8, 4) is 0 Å². The fourth-order valence-electron chi connectivity index (χ4n) is 1.45. The van der Waals surface area contributed by atoms with E-state index in [-0.39, 0.29) is 0 Å². The Morgan fingerprint density at radius 2 is 2.05 bits per heavy atom. The average molecular weight is 294 g/mol. The molecule has 1 rings (SSSR count). The lowest BCUT2D eigenvalue weighted by Gasteiger charge is -2.27. The van der Waals surface area contributed by atoms with Gasteiger partial charge in [-0.15, -0.1) is 11.3 Å². The van der Waals surface area contributed by atoms with Crippen LogP contribution in [0.25, 0.3) is 0 Å². The smallest absolute Gasteiger partial charge is 0.351 e. The second kappa shape index (κ2) is 5.50. The van der Waals surface area contributed by atoms with Crippen LogP contribution in [0.2, 0.25) is 0 Å². The lowest BCUT2D eigenvalue weighted by molar-refractivity contribution is -0.187. The van der Waals surface area contributed by atoms with E-state index >= 15 is 0 Å². The van der Waals surface area contributed by atoms with E-state index in [0.29, 0.717) is 13.3 Å².